The van der Waals surface area contributed by atoms with Gasteiger partial charge in [-0.15, -0.1) is 0 Å². The Morgan fingerprint density at radius 3 is 2.71 bits per heavy atom. The van der Waals surface area contributed by atoms with Gasteiger partial charge in [-0.2, -0.15) is 0 Å². The average Bonchev–Trinajstić information content (AvgIpc) is 2.23. The highest BCUT2D eigenvalue weighted by Gasteiger charge is 2.15. The SMILES string of the molecule is COCC(N)C(=O)Nc1c(C)cc(C)cc1Br. The molecule has 1 rings (SSSR count). The van der Waals surface area contributed by atoms with Crippen LogP contribution in [0, 0.1) is 13.8 Å². The van der Waals surface area contributed by atoms with E-state index in [1.165, 1.54) is 7.11 Å². The Balaban J connectivity index is 2.85. The molecule has 0 aliphatic heterocycles. The van der Waals surface area contributed by atoms with Gasteiger partial charge in [-0.3, -0.25) is 4.79 Å². The molecule has 4 nitrogen and oxygen atoms in total. The first-order valence-corrected chi connectivity index (χ1v) is 6.07. The number of carbonyl (C=O) groups excluding carboxylic acids is 1. The second-order valence-corrected chi connectivity index (χ2v) is 4.84. The molecule has 1 amide bonds. The smallest absolute Gasteiger partial charge is 0.243 e. The molecule has 5 heteroatoms. The predicted octanol–water partition coefficient (Wildman–Crippen LogP) is 1.98. The van der Waals surface area contributed by atoms with E-state index < -0.39 is 6.04 Å². The van der Waals surface area contributed by atoms with E-state index in [1.807, 2.05) is 26.0 Å². The highest BCUT2D eigenvalue weighted by Crippen LogP contribution is 2.27. The van der Waals surface area contributed by atoms with Gasteiger partial charge in [0.25, 0.3) is 0 Å². The fourth-order valence-electron chi connectivity index (χ4n) is 1.55. The molecule has 1 aromatic carbocycles. The van der Waals surface area contributed by atoms with Crippen LogP contribution in [0.5, 0.6) is 0 Å². The largest absolute Gasteiger partial charge is 0.383 e. The highest BCUT2D eigenvalue weighted by molar-refractivity contribution is 9.10. The Hall–Kier alpha value is -0.910. The molecule has 0 bridgehead atoms. The number of nitrogens with one attached hydrogen (secondary N) is 1. The van der Waals surface area contributed by atoms with Crippen molar-refractivity contribution in [3.8, 4) is 0 Å². The maximum absolute atomic E-state index is 11.8. The summed E-state index contributed by atoms with van der Waals surface area (Å²) in [4.78, 5) is 11.8. The number of rotatable bonds is 4. The third-order valence-corrected chi connectivity index (χ3v) is 2.99. The van der Waals surface area contributed by atoms with Gasteiger partial charge >= 0.3 is 0 Å². The number of aryl methyl sites for hydroxylation is 2. The first kappa shape index (κ1) is 14.2. The summed E-state index contributed by atoms with van der Waals surface area (Å²) in [6.45, 7) is 4.14. The van der Waals surface area contributed by atoms with E-state index in [-0.39, 0.29) is 12.5 Å². The molecule has 1 atom stereocenters. The topological polar surface area (TPSA) is 64.3 Å². The zero-order valence-electron chi connectivity index (χ0n) is 10.2. The van der Waals surface area contributed by atoms with E-state index in [0.717, 1.165) is 21.3 Å². The van der Waals surface area contributed by atoms with E-state index >= 15 is 0 Å². The Morgan fingerprint density at radius 1 is 1.53 bits per heavy atom. The monoisotopic (exact) mass is 300 g/mol. The van der Waals surface area contributed by atoms with Crippen LogP contribution in [0.2, 0.25) is 0 Å². The lowest BCUT2D eigenvalue weighted by atomic mass is 10.1. The van der Waals surface area contributed by atoms with Crippen LogP contribution in [-0.2, 0) is 9.53 Å². The number of anilines is 1. The minimum atomic E-state index is -0.660. The lowest BCUT2D eigenvalue weighted by Crippen LogP contribution is -2.39. The molecule has 0 radical (unpaired) electrons. The number of methoxy groups -OCH3 is 1. The zero-order valence-corrected chi connectivity index (χ0v) is 11.8. The van der Waals surface area contributed by atoms with Crippen molar-refractivity contribution in [2.75, 3.05) is 19.0 Å². The molecular weight excluding hydrogens is 284 g/mol. The van der Waals surface area contributed by atoms with Crippen molar-refractivity contribution in [3.05, 3.63) is 27.7 Å². The first-order chi connectivity index (χ1) is 7.95. The van der Waals surface area contributed by atoms with Crippen LogP contribution in [0.4, 0.5) is 5.69 Å². The third-order valence-electron chi connectivity index (χ3n) is 2.36. The fraction of sp³-hybridized carbons (Fsp3) is 0.417. The number of benzene rings is 1. The molecule has 0 aliphatic rings. The maximum Gasteiger partial charge on any atom is 0.243 e. The second kappa shape index (κ2) is 6.14. The predicted molar refractivity (Wildman–Crippen MR) is 72.1 cm³/mol. The fourth-order valence-corrected chi connectivity index (χ4v) is 2.32. The van der Waals surface area contributed by atoms with Crippen LogP contribution in [0.25, 0.3) is 0 Å². The molecule has 0 aliphatic carbocycles. The minimum absolute atomic E-state index is 0.203. The number of carbonyl (C=O) groups is 1. The van der Waals surface area contributed by atoms with Crippen LogP contribution in [-0.4, -0.2) is 25.7 Å². The van der Waals surface area contributed by atoms with Gasteiger partial charge < -0.3 is 15.8 Å². The summed E-state index contributed by atoms with van der Waals surface area (Å²) in [6, 6.07) is 3.29. The van der Waals surface area contributed by atoms with Crippen LogP contribution < -0.4 is 11.1 Å². The Kier molecular flexibility index (Phi) is 5.11. The molecule has 0 saturated carbocycles. The molecular formula is C12H17BrN2O2. The van der Waals surface area contributed by atoms with Gasteiger partial charge in [0.05, 0.1) is 12.3 Å². The zero-order chi connectivity index (χ0) is 13.0. The standard InChI is InChI=1S/C12H17BrN2O2/c1-7-4-8(2)11(9(13)5-7)15-12(16)10(14)6-17-3/h4-5,10H,6,14H2,1-3H3,(H,15,16). The number of halogens is 1. The molecule has 1 aromatic rings. The highest BCUT2D eigenvalue weighted by atomic mass is 79.9. The van der Waals surface area contributed by atoms with Crippen LogP contribution in [0.1, 0.15) is 11.1 Å². The van der Waals surface area contributed by atoms with Gasteiger partial charge in [0, 0.05) is 11.6 Å². The quantitative estimate of drug-likeness (QED) is 0.894. The van der Waals surface area contributed by atoms with Gasteiger partial charge in [0.2, 0.25) is 5.91 Å². The van der Waals surface area contributed by atoms with Gasteiger partial charge in [-0.05, 0) is 47.0 Å². The van der Waals surface area contributed by atoms with E-state index in [9.17, 15) is 4.79 Å². The van der Waals surface area contributed by atoms with Crippen molar-refractivity contribution >= 4 is 27.5 Å². The van der Waals surface area contributed by atoms with Crippen molar-refractivity contribution in [2.24, 2.45) is 5.73 Å². The molecule has 0 heterocycles. The van der Waals surface area contributed by atoms with E-state index in [4.69, 9.17) is 10.5 Å². The summed E-state index contributed by atoms with van der Waals surface area (Å²) >= 11 is 3.43. The normalized spacial score (nSPS) is 12.3. The summed E-state index contributed by atoms with van der Waals surface area (Å²) in [5, 5.41) is 2.80. The maximum atomic E-state index is 11.8. The summed E-state index contributed by atoms with van der Waals surface area (Å²) in [5.41, 5.74) is 8.54. The lowest BCUT2D eigenvalue weighted by molar-refractivity contribution is -0.118. The van der Waals surface area contributed by atoms with Crippen molar-refractivity contribution in [1.82, 2.24) is 0 Å². The van der Waals surface area contributed by atoms with Crippen molar-refractivity contribution < 1.29 is 9.53 Å². The van der Waals surface area contributed by atoms with Gasteiger partial charge in [-0.1, -0.05) is 6.07 Å². The summed E-state index contributed by atoms with van der Waals surface area (Å²) in [7, 11) is 1.51. The summed E-state index contributed by atoms with van der Waals surface area (Å²) in [5.74, 6) is -0.250. The second-order valence-electron chi connectivity index (χ2n) is 3.99. The van der Waals surface area contributed by atoms with Crippen LogP contribution in [0.3, 0.4) is 0 Å². The lowest BCUT2D eigenvalue weighted by Gasteiger charge is -2.15. The number of ether oxygens (including phenoxy) is 1. The Labute approximate surface area is 110 Å². The van der Waals surface area contributed by atoms with Crippen molar-refractivity contribution in [3.63, 3.8) is 0 Å². The van der Waals surface area contributed by atoms with Crippen LogP contribution >= 0.6 is 15.9 Å². The molecule has 0 spiro atoms. The Bertz CT molecular complexity index is 398. The van der Waals surface area contributed by atoms with Gasteiger partial charge in [-0.25, -0.2) is 0 Å². The molecule has 1 unspecified atom stereocenters. The van der Waals surface area contributed by atoms with Gasteiger partial charge in [0.15, 0.2) is 0 Å². The molecule has 0 aromatic heterocycles. The third kappa shape index (κ3) is 3.80. The van der Waals surface area contributed by atoms with Crippen LogP contribution in [0.15, 0.2) is 16.6 Å². The van der Waals surface area contributed by atoms with Crippen molar-refractivity contribution in [2.45, 2.75) is 19.9 Å². The molecule has 0 saturated heterocycles. The molecule has 3 N–H and O–H groups in total. The summed E-state index contributed by atoms with van der Waals surface area (Å²) < 4.78 is 5.70. The van der Waals surface area contributed by atoms with E-state index in [0.29, 0.717) is 0 Å². The Morgan fingerprint density at radius 2 is 2.18 bits per heavy atom. The van der Waals surface area contributed by atoms with Gasteiger partial charge in [0.1, 0.15) is 6.04 Å². The van der Waals surface area contributed by atoms with E-state index in [2.05, 4.69) is 21.2 Å². The summed E-state index contributed by atoms with van der Waals surface area (Å²) in [6.07, 6.45) is 0. The number of amides is 1. The molecule has 94 valence electrons. The average molecular weight is 301 g/mol. The number of nitrogens with two attached hydrogens (primary N) is 1. The van der Waals surface area contributed by atoms with Crippen molar-refractivity contribution in [1.29, 1.82) is 0 Å². The number of hydrogen-bond donors (Lipinski definition) is 2. The number of hydrogen-bond acceptors (Lipinski definition) is 3. The first-order valence-electron chi connectivity index (χ1n) is 5.27. The molecule has 17 heavy (non-hydrogen) atoms. The van der Waals surface area contributed by atoms with E-state index in [1.54, 1.807) is 0 Å². The minimum Gasteiger partial charge on any atom is -0.383 e. The molecule has 0 fully saturated rings.